The summed E-state index contributed by atoms with van der Waals surface area (Å²) < 4.78 is 20.7. The van der Waals surface area contributed by atoms with Gasteiger partial charge in [0, 0.05) is 30.1 Å². The highest BCUT2D eigenvalue weighted by Crippen LogP contribution is 2.28. The van der Waals surface area contributed by atoms with Crippen LogP contribution in [0.3, 0.4) is 0 Å². The average molecular weight is 432 g/mol. The van der Waals surface area contributed by atoms with E-state index in [9.17, 15) is 14.0 Å². The molecular formula is C20H19ClFN5O3. The quantitative estimate of drug-likeness (QED) is 0.667. The standard InChI is InChI=1S/C20H19ClFN5O3/c21-18-13-8-16(23-15(13)2-1-14(18)22)20(29)26-4-5-27-12(9-26)7-17(25-27)24-19(28)11-3-6-30-10-11/h1-2,7-8,11,23H,3-6,9-10H2,(H,24,25,28). The zero-order valence-corrected chi connectivity index (χ0v) is 16.7. The first-order valence-electron chi connectivity index (χ1n) is 9.71. The lowest BCUT2D eigenvalue weighted by molar-refractivity contribution is -0.119. The van der Waals surface area contributed by atoms with E-state index in [1.54, 1.807) is 27.8 Å². The predicted molar refractivity (Wildman–Crippen MR) is 108 cm³/mol. The normalized spacial score (nSPS) is 18.6. The summed E-state index contributed by atoms with van der Waals surface area (Å²) >= 11 is 6.01. The topological polar surface area (TPSA) is 92.3 Å². The lowest BCUT2D eigenvalue weighted by Gasteiger charge is -2.27. The van der Waals surface area contributed by atoms with Gasteiger partial charge in [-0.1, -0.05) is 11.6 Å². The summed E-state index contributed by atoms with van der Waals surface area (Å²) in [6.07, 6.45) is 0.708. The zero-order chi connectivity index (χ0) is 20.8. The van der Waals surface area contributed by atoms with Crippen LogP contribution in [0.1, 0.15) is 22.6 Å². The number of nitrogens with one attached hydrogen (secondary N) is 2. The number of hydrogen-bond donors (Lipinski definition) is 2. The largest absolute Gasteiger partial charge is 0.381 e. The lowest BCUT2D eigenvalue weighted by Crippen LogP contribution is -2.38. The number of carbonyl (C=O) groups excluding carboxylic acids is 2. The molecule has 1 aromatic carbocycles. The third kappa shape index (κ3) is 3.33. The lowest BCUT2D eigenvalue weighted by atomic mass is 10.1. The van der Waals surface area contributed by atoms with Gasteiger partial charge in [0.2, 0.25) is 5.91 Å². The number of fused-ring (bicyclic) bond motifs is 2. The van der Waals surface area contributed by atoms with Crippen molar-refractivity contribution in [1.82, 2.24) is 19.7 Å². The second kappa shape index (κ2) is 7.41. The third-order valence-corrected chi connectivity index (χ3v) is 5.94. The summed E-state index contributed by atoms with van der Waals surface area (Å²) in [5.74, 6) is -0.505. The molecule has 1 fully saturated rings. The highest BCUT2D eigenvalue weighted by Gasteiger charge is 2.27. The van der Waals surface area contributed by atoms with Crippen LogP contribution in [0.2, 0.25) is 5.02 Å². The van der Waals surface area contributed by atoms with Gasteiger partial charge in [0.15, 0.2) is 5.82 Å². The van der Waals surface area contributed by atoms with Gasteiger partial charge in [0.05, 0.1) is 36.3 Å². The van der Waals surface area contributed by atoms with E-state index in [-0.39, 0.29) is 22.8 Å². The van der Waals surface area contributed by atoms with Crippen LogP contribution >= 0.6 is 11.6 Å². The Labute approximate surface area is 175 Å². The maximum Gasteiger partial charge on any atom is 0.270 e. The SMILES string of the molecule is O=C(Nc1cc2n(n1)CCN(C(=O)c1cc3c(Cl)c(F)ccc3[nH]1)C2)C1CCOC1. The fourth-order valence-electron chi connectivity index (χ4n) is 3.90. The number of aromatic nitrogens is 3. The molecule has 1 atom stereocenters. The summed E-state index contributed by atoms with van der Waals surface area (Å²) in [5, 5.41) is 7.73. The summed E-state index contributed by atoms with van der Waals surface area (Å²) in [5.41, 5.74) is 1.78. The Balaban J connectivity index is 1.32. The number of hydrogen-bond acceptors (Lipinski definition) is 4. The van der Waals surface area contributed by atoms with Crippen LogP contribution < -0.4 is 5.32 Å². The summed E-state index contributed by atoms with van der Waals surface area (Å²) in [7, 11) is 0. The van der Waals surface area contributed by atoms with Crippen molar-refractivity contribution in [2.75, 3.05) is 25.1 Å². The number of H-pyrrole nitrogens is 1. The van der Waals surface area contributed by atoms with Gasteiger partial charge < -0.3 is 19.9 Å². The van der Waals surface area contributed by atoms with Gasteiger partial charge in [-0.3, -0.25) is 14.3 Å². The molecule has 8 nitrogen and oxygen atoms in total. The molecule has 0 aliphatic carbocycles. The maximum atomic E-state index is 13.7. The van der Waals surface area contributed by atoms with Crippen molar-refractivity contribution >= 4 is 40.1 Å². The molecule has 0 spiro atoms. The Morgan fingerprint density at radius 3 is 2.97 bits per heavy atom. The summed E-state index contributed by atoms with van der Waals surface area (Å²) in [6.45, 7) is 2.36. The Kier molecular flexibility index (Phi) is 4.71. The molecule has 156 valence electrons. The van der Waals surface area contributed by atoms with E-state index in [0.29, 0.717) is 61.7 Å². The molecule has 30 heavy (non-hydrogen) atoms. The van der Waals surface area contributed by atoms with Gasteiger partial charge in [-0.2, -0.15) is 5.10 Å². The molecule has 2 aromatic heterocycles. The number of rotatable bonds is 3. The summed E-state index contributed by atoms with van der Waals surface area (Å²) in [6, 6.07) is 6.18. The van der Waals surface area contributed by atoms with Crippen molar-refractivity contribution in [3.05, 3.63) is 46.5 Å². The highest BCUT2D eigenvalue weighted by atomic mass is 35.5. The van der Waals surface area contributed by atoms with Crippen molar-refractivity contribution < 1.29 is 18.7 Å². The fraction of sp³-hybridized carbons (Fsp3) is 0.350. The van der Waals surface area contributed by atoms with E-state index in [0.717, 1.165) is 5.69 Å². The van der Waals surface area contributed by atoms with Crippen LogP contribution in [0.25, 0.3) is 10.9 Å². The molecule has 5 rings (SSSR count). The van der Waals surface area contributed by atoms with Crippen molar-refractivity contribution in [3.8, 4) is 0 Å². The van der Waals surface area contributed by atoms with E-state index < -0.39 is 5.82 Å². The van der Waals surface area contributed by atoms with E-state index in [1.807, 2.05) is 0 Å². The number of carbonyl (C=O) groups is 2. The van der Waals surface area contributed by atoms with E-state index in [4.69, 9.17) is 16.3 Å². The molecule has 2 aliphatic heterocycles. The Bertz CT molecular complexity index is 1150. The monoisotopic (exact) mass is 431 g/mol. The molecule has 1 saturated heterocycles. The summed E-state index contributed by atoms with van der Waals surface area (Å²) in [4.78, 5) is 30.0. The van der Waals surface area contributed by atoms with Crippen LogP contribution in [-0.4, -0.2) is 51.2 Å². The molecule has 2 N–H and O–H groups in total. The first-order chi connectivity index (χ1) is 14.5. The van der Waals surface area contributed by atoms with Crippen LogP contribution in [0.5, 0.6) is 0 Å². The molecule has 0 bridgehead atoms. The van der Waals surface area contributed by atoms with E-state index in [1.165, 1.54) is 6.07 Å². The van der Waals surface area contributed by atoms with Gasteiger partial charge in [0.25, 0.3) is 5.91 Å². The van der Waals surface area contributed by atoms with Gasteiger partial charge in [0.1, 0.15) is 11.5 Å². The first kappa shape index (κ1) is 19.1. The number of benzene rings is 1. The van der Waals surface area contributed by atoms with Gasteiger partial charge in [-0.15, -0.1) is 0 Å². The van der Waals surface area contributed by atoms with Crippen molar-refractivity contribution in [2.24, 2.45) is 5.92 Å². The Morgan fingerprint density at radius 2 is 2.17 bits per heavy atom. The van der Waals surface area contributed by atoms with Crippen LogP contribution in [0, 0.1) is 11.7 Å². The molecule has 0 saturated carbocycles. The van der Waals surface area contributed by atoms with Crippen molar-refractivity contribution in [1.29, 1.82) is 0 Å². The van der Waals surface area contributed by atoms with Gasteiger partial charge in [-0.25, -0.2) is 4.39 Å². The Hall–Kier alpha value is -2.91. The number of nitrogens with zero attached hydrogens (tertiary/aromatic N) is 3. The van der Waals surface area contributed by atoms with Crippen molar-refractivity contribution in [2.45, 2.75) is 19.5 Å². The number of aromatic amines is 1. The molecular weight excluding hydrogens is 413 g/mol. The molecule has 10 heteroatoms. The van der Waals surface area contributed by atoms with E-state index in [2.05, 4.69) is 15.4 Å². The zero-order valence-electron chi connectivity index (χ0n) is 16.0. The fourth-order valence-corrected chi connectivity index (χ4v) is 4.12. The minimum absolute atomic E-state index is 0.00688. The Morgan fingerprint density at radius 1 is 1.30 bits per heavy atom. The molecule has 3 aromatic rings. The highest BCUT2D eigenvalue weighted by molar-refractivity contribution is 6.35. The number of ether oxygens (including phenoxy) is 1. The van der Waals surface area contributed by atoms with Crippen LogP contribution in [-0.2, 0) is 22.6 Å². The number of anilines is 1. The second-order valence-electron chi connectivity index (χ2n) is 7.53. The minimum Gasteiger partial charge on any atom is -0.381 e. The molecule has 2 aliphatic rings. The molecule has 0 radical (unpaired) electrons. The third-order valence-electron chi connectivity index (χ3n) is 5.56. The molecule has 4 heterocycles. The van der Waals surface area contributed by atoms with Gasteiger partial charge in [-0.05, 0) is 24.6 Å². The maximum absolute atomic E-state index is 13.7. The first-order valence-corrected chi connectivity index (χ1v) is 10.1. The van der Waals surface area contributed by atoms with Gasteiger partial charge >= 0.3 is 0 Å². The van der Waals surface area contributed by atoms with Crippen molar-refractivity contribution in [3.63, 3.8) is 0 Å². The van der Waals surface area contributed by atoms with E-state index >= 15 is 0 Å². The minimum atomic E-state index is -0.525. The number of amides is 2. The second-order valence-corrected chi connectivity index (χ2v) is 7.90. The molecule has 2 amide bonds. The predicted octanol–water partition coefficient (Wildman–Crippen LogP) is 2.79. The number of halogens is 2. The smallest absolute Gasteiger partial charge is 0.270 e. The van der Waals surface area contributed by atoms with Crippen LogP contribution in [0.4, 0.5) is 10.2 Å². The molecule has 1 unspecified atom stereocenters. The van der Waals surface area contributed by atoms with Crippen LogP contribution in [0.15, 0.2) is 24.3 Å². The average Bonchev–Trinajstić information content (AvgIpc) is 3.48.